The Balaban J connectivity index is 2.43. The minimum absolute atomic E-state index is 0.0573. The Labute approximate surface area is 127 Å². The molecule has 1 aromatic carbocycles. The first-order chi connectivity index (χ1) is 9.96. The highest BCUT2D eigenvalue weighted by Gasteiger charge is 2.31. The minimum Gasteiger partial charge on any atom is -0.320 e. The Bertz CT molecular complexity index is 671. The van der Waals surface area contributed by atoms with E-state index >= 15 is 0 Å². The first-order valence-electron chi connectivity index (χ1n) is 7.28. The fraction of sp³-hybridized carbons (Fsp3) is 0.500. The largest absolute Gasteiger partial charge is 0.320 e. The van der Waals surface area contributed by atoms with E-state index in [4.69, 9.17) is 5.73 Å². The molecule has 1 saturated heterocycles. The van der Waals surface area contributed by atoms with Crippen LogP contribution in [0.1, 0.15) is 37.3 Å². The van der Waals surface area contributed by atoms with E-state index in [1.165, 1.54) is 0 Å². The van der Waals surface area contributed by atoms with Crippen LogP contribution in [0.3, 0.4) is 0 Å². The van der Waals surface area contributed by atoms with Gasteiger partial charge in [-0.05, 0) is 44.4 Å². The maximum absolute atomic E-state index is 12.9. The van der Waals surface area contributed by atoms with Crippen LogP contribution in [0.25, 0.3) is 0 Å². The Kier molecular flexibility index (Phi) is 5.04. The number of aryl methyl sites for hydroxylation is 1. The topological polar surface area (TPSA) is 63.4 Å². The molecule has 1 aliphatic heterocycles. The van der Waals surface area contributed by atoms with E-state index in [1.807, 2.05) is 26.0 Å². The summed E-state index contributed by atoms with van der Waals surface area (Å²) < 4.78 is 27.4. The number of piperidine rings is 1. The standard InChI is InChI=1S/C16H22N2O2S/c1-13-8-9-15(7-5-10-17)12-16(13)21(19,20)18-11-4-3-6-14(18)2/h8-9,12,14H,3-4,6,10-11,17H2,1-2H3. The monoisotopic (exact) mass is 306 g/mol. The van der Waals surface area contributed by atoms with E-state index in [1.54, 1.807) is 10.4 Å². The molecule has 0 bridgehead atoms. The quantitative estimate of drug-likeness (QED) is 0.848. The summed E-state index contributed by atoms with van der Waals surface area (Å²) in [5.74, 6) is 5.66. The zero-order valence-corrected chi connectivity index (χ0v) is 13.4. The summed E-state index contributed by atoms with van der Waals surface area (Å²) in [6, 6.07) is 5.36. The lowest BCUT2D eigenvalue weighted by molar-refractivity contribution is 0.268. The highest BCUT2D eigenvalue weighted by atomic mass is 32.2. The Morgan fingerprint density at radius 2 is 2.14 bits per heavy atom. The lowest BCUT2D eigenvalue weighted by Crippen LogP contribution is -2.42. The molecule has 2 rings (SSSR count). The molecule has 0 aliphatic carbocycles. The van der Waals surface area contributed by atoms with Gasteiger partial charge in [-0.2, -0.15) is 4.31 Å². The van der Waals surface area contributed by atoms with Crippen molar-refractivity contribution in [1.82, 2.24) is 4.31 Å². The summed E-state index contributed by atoms with van der Waals surface area (Å²) in [5.41, 5.74) is 6.81. The molecule has 0 aromatic heterocycles. The molecule has 1 fully saturated rings. The van der Waals surface area contributed by atoms with Crippen LogP contribution in [0, 0.1) is 18.8 Å². The van der Waals surface area contributed by atoms with Gasteiger partial charge in [0.2, 0.25) is 10.0 Å². The van der Waals surface area contributed by atoms with Crippen LogP contribution in [0.4, 0.5) is 0 Å². The molecule has 0 spiro atoms. The van der Waals surface area contributed by atoms with Crippen molar-refractivity contribution in [2.24, 2.45) is 5.73 Å². The van der Waals surface area contributed by atoms with E-state index in [9.17, 15) is 8.42 Å². The van der Waals surface area contributed by atoms with E-state index in [0.29, 0.717) is 17.0 Å². The Morgan fingerprint density at radius 1 is 1.38 bits per heavy atom. The number of hydrogen-bond acceptors (Lipinski definition) is 3. The maximum atomic E-state index is 12.9. The Morgan fingerprint density at radius 3 is 2.81 bits per heavy atom. The molecule has 21 heavy (non-hydrogen) atoms. The fourth-order valence-corrected chi connectivity index (χ4v) is 4.62. The zero-order chi connectivity index (χ0) is 15.5. The van der Waals surface area contributed by atoms with E-state index in [2.05, 4.69) is 11.8 Å². The normalized spacial score (nSPS) is 19.9. The van der Waals surface area contributed by atoms with Gasteiger partial charge in [-0.15, -0.1) is 0 Å². The molecule has 1 atom stereocenters. The maximum Gasteiger partial charge on any atom is 0.243 e. The summed E-state index contributed by atoms with van der Waals surface area (Å²) in [5, 5.41) is 0. The molecule has 0 saturated carbocycles. The van der Waals surface area contributed by atoms with Crippen LogP contribution >= 0.6 is 0 Å². The van der Waals surface area contributed by atoms with Crippen LogP contribution < -0.4 is 5.73 Å². The van der Waals surface area contributed by atoms with Gasteiger partial charge in [0, 0.05) is 18.2 Å². The second-order valence-electron chi connectivity index (χ2n) is 5.45. The Hall–Kier alpha value is -1.35. The highest BCUT2D eigenvalue weighted by molar-refractivity contribution is 7.89. The van der Waals surface area contributed by atoms with Crippen LogP contribution in [0.5, 0.6) is 0 Å². The molecule has 1 heterocycles. The third-order valence-corrected chi connectivity index (χ3v) is 6.01. The summed E-state index contributed by atoms with van der Waals surface area (Å²) in [4.78, 5) is 0.361. The van der Waals surface area contributed by atoms with Gasteiger partial charge in [-0.3, -0.25) is 0 Å². The fourth-order valence-electron chi connectivity index (χ4n) is 2.66. The lowest BCUT2D eigenvalue weighted by atomic mass is 10.1. The van der Waals surface area contributed by atoms with Gasteiger partial charge in [0.25, 0.3) is 0 Å². The SMILES string of the molecule is Cc1ccc(C#CCN)cc1S(=O)(=O)N1CCCCC1C. The molecule has 0 radical (unpaired) electrons. The molecule has 1 unspecified atom stereocenters. The van der Waals surface area contributed by atoms with Crippen LogP contribution in [0.15, 0.2) is 23.1 Å². The van der Waals surface area contributed by atoms with Gasteiger partial charge < -0.3 is 5.73 Å². The molecular weight excluding hydrogens is 284 g/mol. The van der Waals surface area contributed by atoms with Crippen molar-refractivity contribution in [2.45, 2.75) is 44.0 Å². The smallest absolute Gasteiger partial charge is 0.243 e. The first-order valence-corrected chi connectivity index (χ1v) is 8.72. The molecule has 1 aromatic rings. The van der Waals surface area contributed by atoms with Crippen molar-refractivity contribution in [3.8, 4) is 11.8 Å². The van der Waals surface area contributed by atoms with Gasteiger partial charge in [0.1, 0.15) is 0 Å². The first kappa shape index (κ1) is 16.0. The van der Waals surface area contributed by atoms with Crippen molar-refractivity contribution in [1.29, 1.82) is 0 Å². The molecule has 2 N–H and O–H groups in total. The van der Waals surface area contributed by atoms with Crippen molar-refractivity contribution in [2.75, 3.05) is 13.1 Å². The van der Waals surface area contributed by atoms with Crippen molar-refractivity contribution < 1.29 is 8.42 Å². The number of nitrogens with zero attached hydrogens (tertiary/aromatic N) is 1. The summed E-state index contributed by atoms with van der Waals surface area (Å²) in [7, 11) is -3.46. The van der Waals surface area contributed by atoms with E-state index < -0.39 is 10.0 Å². The number of sulfonamides is 1. The van der Waals surface area contributed by atoms with Crippen LogP contribution in [-0.2, 0) is 10.0 Å². The van der Waals surface area contributed by atoms with E-state index in [0.717, 1.165) is 24.8 Å². The molecule has 0 amide bonds. The highest BCUT2D eigenvalue weighted by Crippen LogP contribution is 2.27. The lowest BCUT2D eigenvalue weighted by Gasteiger charge is -2.32. The molecule has 4 nitrogen and oxygen atoms in total. The summed E-state index contributed by atoms with van der Waals surface area (Å²) in [6.45, 7) is 4.66. The molecule has 114 valence electrons. The summed E-state index contributed by atoms with van der Waals surface area (Å²) in [6.07, 6.45) is 2.94. The number of nitrogens with two attached hydrogens (primary N) is 1. The average molecular weight is 306 g/mol. The number of benzene rings is 1. The van der Waals surface area contributed by atoms with Crippen molar-refractivity contribution >= 4 is 10.0 Å². The van der Waals surface area contributed by atoms with Gasteiger partial charge in [-0.25, -0.2) is 8.42 Å². The van der Waals surface area contributed by atoms with Gasteiger partial charge in [0.05, 0.1) is 11.4 Å². The molecule has 5 heteroatoms. The minimum atomic E-state index is -3.46. The third-order valence-electron chi connectivity index (χ3n) is 3.85. The summed E-state index contributed by atoms with van der Waals surface area (Å²) >= 11 is 0. The van der Waals surface area contributed by atoms with Crippen molar-refractivity contribution in [3.05, 3.63) is 29.3 Å². The second-order valence-corrected chi connectivity index (χ2v) is 7.31. The van der Waals surface area contributed by atoms with Gasteiger partial charge in [0.15, 0.2) is 0 Å². The van der Waals surface area contributed by atoms with E-state index in [-0.39, 0.29) is 12.6 Å². The number of rotatable bonds is 2. The predicted molar refractivity (Wildman–Crippen MR) is 84.3 cm³/mol. The number of hydrogen-bond donors (Lipinski definition) is 1. The van der Waals surface area contributed by atoms with Crippen LogP contribution in [-0.4, -0.2) is 31.9 Å². The predicted octanol–water partition coefficient (Wildman–Crippen LogP) is 1.87. The molecule has 1 aliphatic rings. The average Bonchev–Trinajstić information content (AvgIpc) is 2.46. The van der Waals surface area contributed by atoms with Crippen molar-refractivity contribution in [3.63, 3.8) is 0 Å². The van der Waals surface area contributed by atoms with Gasteiger partial charge >= 0.3 is 0 Å². The third kappa shape index (κ3) is 3.46. The zero-order valence-electron chi connectivity index (χ0n) is 12.6. The van der Waals surface area contributed by atoms with Gasteiger partial charge in [-0.1, -0.05) is 24.3 Å². The van der Waals surface area contributed by atoms with Crippen LogP contribution in [0.2, 0.25) is 0 Å². The second kappa shape index (κ2) is 6.61. The molecular formula is C16H22N2O2S.